The molecule has 0 aliphatic carbocycles. The number of H-pyrrole nitrogens is 1. The zero-order valence-electron chi connectivity index (χ0n) is 10.6. The molecule has 8 heteroatoms. The Bertz CT molecular complexity index is 662. The average Bonchev–Trinajstić information content (AvgIpc) is 2.40. The average molecular weight is 331 g/mol. The summed E-state index contributed by atoms with van der Waals surface area (Å²) in [5.41, 5.74) is -0.225. The highest BCUT2D eigenvalue weighted by molar-refractivity contribution is 7.99. The largest absolute Gasteiger partial charge is 0.369 e. The smallest absolute Gasteiger partial charge is 0.251 e. The van der Waals surface area contributed by atoms with Crippen molar-refractivity contribution < 1.29 is 0 Å². The standard InChI is InChI=1S/C12H12Cl2N4OS/c1-2-4-15-10-7(13)6-8(14)11(18-10)20-12-16-5-3-9(19)17-12/h3,5-6H,2,4H2,1H3,(H,15,18)(H,16,17,19). The Morgan fingerprint density at radius 1 is 1.40 bits per heavy atom. The van der Waals surface area contributed by atoms with E-state index in [0.717, 1.165) is 13.0 Å². The molecular formula is C12H12Cl2N4OS. The van der Waals surface area contributed by atoms with Gasteiger partial charge < -0.3 is 10.3 Å². The molecule has 0 fully saturated rings. The molecule has 2 aromatic rings. The monoisotopic (exact) mass is 330 g/mol. The first kappa shape index (κ1) is 15.2. The third kappa shape index (κ3) is 3.88. The Kier molecular flexibility index (Phi) is 5.28. The van der Waals surface area contributed by atoms with Crippen molar-refractivity contribution in [3.05, 3.63) is 38.7 Å². The molecule has 2 N–H and O–H groups in total. The van der Waals surface area contributed by atoms with Crippen LogP contribution in [0.15, 0.2) is 33.3 Å². The van der Waals surface area contributed by atoms with Crippen molar-refractivity contribution in [2.24, 2.45) is 0 Å². The van der Waals surface area contributed by atoms with Crippen LogP contribution in [0.2, 0.25) is 10.0 Å². The molecular weight excluding hydrogens is 319 g/mol. The molecule has 0 aliphatic heterocycles. The highest BCUT2D eigenvalue weighted by Crippen LogP contribution is 2.34. The van der Waals surface area contributed by atoms with Gasteiger partial charge in [0.15, 0.2) is 5.16 Å². The van der Waals surface area contributed by atoms with E-state index in [1.165, 1.54) is 24.0 Å². The van der Waals surface area contributed by atoms with Crippen molar-refractivity contribution in [3.8, 4) is 0 Å². The van der Waals surface area contributed by atoms with Crippen molar-refractivity contribution in [2.75, 3.05) is 11.9 Å². The summed E-state index contributed by atoms with van der Waals surface area (Å²) in [5.74, 6) is 0.568. The lowest BCUT2D eigenvalue weighted by molar-refractivity contribution is 0.929. The Balaban J connectivity index is 2.29. The second-order valence-corrected chi connectivity index (χ2v) is 5.67. The van der Waals surface area contributed by atoms with Crippen LogP contribution in [0.3, 0.4) is 0 Å². The van der Waals surface area contributed by atoms with Crippen LogP contribution in [-0.4, -0.2) is 21.5 Å². The minimum absolute atomic E-state index is 0.225. The lowest BCUT2D eigenvalue weighted by atomic mass is 10.4. The van der Waals surface area contributed by atoms with Crippen molar-refractivity contribution >= 4 is 40.8 Å². The fraction of sp³-hybridized carbons (Fsp3) is 0.250. The zero-order chi connectivity index (χ0) is 14.5. The molecule has 0 aliphatic rings. The first-order chi connectivity index (χ1) is 9.60. The lowest BCUT2D eigenvalue weighted by Crippen LogP contribution is -2.06. The molecule has 20 heavy (non-hydrogen) atoms. The van der Waals surface area contributed by atoms with Crippen LogP contribution in [0.1, 0.15) is 13.3 Å². The predicted octanol–water partition coefficient (Wildman–Crippen LogP) is 3.44. The van der Waals surface area contributed by atoms with Gasteiger partial charge in [-0.15, -0.1) is 0 Å². The van der Waals surface area contributed by atoms with E-state index in [0.29, 0.717) is 26.0 Å². The van der Waals surface area contributed by atoms with E-state index in [4.69, 9.17) is 23.2 Å². The van der Waals surface area contributed by atoms with Crippen LogP contribution in [0, 0.1) is 0 Å². The van der Waals surface area contributed by atoms with Crippen LogP contribution in [-0.2, 0) is 0 Å². The maximum absolute atomic E-state index is 11.2. The van der Waals surface area contributed by atoms with E-state index in [2.05, 4.69) is 20.3 Å². The SMILES string of the molecule is CCCNc1nc(Sc2nccc(=O)[nH]2)c(Cl)cc1Cl. The van der Waals surface area contributed by atoms with E-state index in [-0.39, 0.29) is 5.56 Å². The fourth-order valence-electron chi connectivity index (χ4n) is 1.38. The first-order valence-corrected chi connectivity index (χ1v) is 7.50. The van der Waals surface area contributed by atoms with Gasteiger partial charge >= 0.3 is 0 Å². The topological polar surface area (TPSA) is 70.7 Å². The Hall–Kier alpha value is -1.24. The van der Waals surface area contributed by atoms with E-state index < -0.39 is 0 Å². The number of hydrogen-bond donors (Lipinski definition) is 2. The molecule has 0 aromatic carbocycles. The summed E-state index contributed by atoms with van der Waals surface area (Å²) in [6.07, 6.45) is 2.39. The van der Waals surface area contributed by atoms with E-state index >= 15 is 0 Å². The molecule has 0 bridgehead atoms. The summed E-state index contributed by atoms with van der Waals surface area (Å²) < 4.78 is 0. The maximum Gasteiger partial charge on any atom is 0.251 e. The van der Waals surface area contributed by atoms with Crippen molar-refractivity contribution in [3.63, 3.8) is 0 Å². The predicted molar refractivity (Wildman–Crippen MR) is 82.0 cm³/mol. The van der Waals surface area contributed by atoms with Gasteiger partial charge in [-0.3, -0.25) is 4.79 Å². The molecule has 0 spiro atoms. The molecule has 0 atom stereocenters. The normalized spacial score (nSPS) is 10.6. The molecule has 2 rings (SSSR count). The van der Waals surface area contributed by atoms with Crippen LogP contribution in [0.5, 0.6) is 0 Å². The first-order valence-electron chi connectivity index (χ1n) is 5.93. The van der Waals surface area contributed by atoms with E-state index in [1.54, 1.807) is 6.07 Å². The van der Waals surface area contributed by atoms with Gasteiger partial charge in [0.25, 0.3) is 5.56 Å². The summed E-state index contributed by atoms with van der Waals surface area (Å²) in [5, 5.41) is 4.95. The number of nitrogens with one attached hydrogen (secondary N) is 2. The third-order valence-electron chi connectivity index (χ3n) is 2.28. The van der Waals surface area contributed by atoms with Gasteiger partial charge in [0, 0.05) is 18.8 Å². The highest BCUT2D eigenvalue weighted by Gasteiger charge is 2.11. The number of halogens is 2. The summed E-state index contributed by atoms with van der Waals surface area (Å²) in [6.45, 7) is 2.81. The van der Waals surface area contributed by atoms with Crippen molar-refractivity contribution in [1.82, 2.24) is 15.0 Å². The second kappa shape index (κ2) is 6.97. The van der Waals surface area contributed by atoms with E-state index in [9.17, 15) is 4.79 Å². The van der Waals surface area contributed by atoms with Gasteiger partial charge in [0.1, 0.15) is 10.8 Å². The molecule has 0 unspecified atom stereocenters. The lowest BCUT2D eigenvalue weighted by Gasteiger charge is -2.09. The molecule has 2 aromatic heterocycles. The summed E-state index contributed by atoms with van der Waals surface area (Å²) in [7, 11) is 0. The Morgan fingerprint density at radius 3 is 2.90 bits per heavy atom. The third-order valence-corrected chi connectivity index (χ3v) is 3.87. The number of pyridine rings is 1. The highest BCUT2D eigenvalue weighted by atomic mass is 35.5. The van der Waals surface area contributed by atoms with E-state index in [1.807, 2.05) is 6.92 Å². The molecule has 2 heterocycles. The maximum atomic E-state index is 11.2. The van der Waals surface area contributed by atoms with Gasteiger partial charge in [0.05, 0.1) is 10.0 Å². The Morgan fingerprint density at radius 2 is 2.20 bits per heavy atom. The van der Waals surface area contributed by atoms with Gasteiger partial charge in [-0.05, 0) is 24.2 Å². The fourth-order valence-corrected chi connectivity index (χ4v) is 2.67. The van der Waals surface area contributed by atoms with Crippen molar-refractivity contribution in [2.45, 2.75) is 23.5 Å². The van der Waals surface area contributed by atoms with Gasteiger partial charge in [-0.2, -0.15) is 0 Å². The number of aromatic amines is 1. The molecule has 0 amide bonds. The molecule has 5 nitrogen and oxygen atoms in total. The second-order valence-electron chi connectivity index (χ2n) is 3.87. The van der Waals surface area contributed by atoms with Crippen LogP contribution < -0.4 is 10.9 Å². The Labute approximate surface area is 130 Å². The minimum atomic E-state index is -0.225. The van der Waals surface area contributed by atoms with Gasteiger partial charge in [0.2, 0.25) is 0 Å². The molecule has 0 saturated carbocycles. The van der Waals surface area contributed by atoms with Crippen LogP contribution in [0.4, 0.5) is 5.82 Å². The van der Waals surface area contributed by atoms with Crippen molar-refractivity contribution in [1.29, 1.82) is 0 Å². The number of aromatic nitrogens is 3. The zero-order valence-corrected chi connectivity index (χ0v) is 12.9. The summed E-state index contributed by atoms with van der Waals surface area (Å²) in [6, 6.07) is 2.96. The van der Waals surface area contributed by atoms with Gasteiger partial charge in [-0.25, -0.2) is 9.97 Å². The number of anilines is 1. The summed E-state index contributed by atoms with van der Waals surface area (Å²) in [4.78, 5) is 22.2. The summed E-state index contributed by atoms with van der Waals surface area (Å²) >= 11 is 13.4. The number of nitrogens with zero attached hydrogens (tertiary/aromatic N) is 2. The molecule has 106 valence electrons. The number of rotatable bonds is 5. The van der Waals surface area contributed by atoms with Gasteiger partial charge in [-0.1, -0.05) is 30.1 Å². The minimum Gasteiger partial charge on any atom is -0.369 e. The molecule has 0 saturated heterocycles. The van der Waals surface area contributed by atoms with Crippen LogP contribution >= 0.6 is 35.0 Å². The number of hydrogen-bond acceptors (Lipinski definition) is 5. The quantitative estimate of drug-likeness (QED) is 0.821. The van der Waals surface area contributed by atoms with Crippen LogP contribution in [0.25, 0.3) is 0 Å². The molecule has 0 radical (unpaired) electrons.